The Kier molecular flexibility index (Phi) is 2.43. The summed E-state index contributed by atoms with van der Waals surface area (Å²) in [5.41, 5.74) is 8.13. The molecule has 3 N–H and O–H groups in total. The largest absolute Gasteiger partial charge is 0.330 e. The smallest absolute Gasteiger partial charge is 0.326 e. The summed E-state index contributed by atoms with van der Waals surface area (Å²) < 4.78 is 1.58. The second-order valence-corrected chi connectivity index (χ2v) is 3.48. The number of nitrogens with zero attached hydrogens (tertiary/aromatic N) is 1. The molecule has 1 heterocycles. The Bertz CT molecular complexity index is 507. The van der Waals surface area contributed by atoms with E-state index in [1.54, 1.807) is 10.8 Å². The van der Waals surface area contributed by atoms with Gasteiger partial charge in [-0.2, -0.15) is 0 Å². The van der Waals surface area contributed by atoms with Gasteiger partial charge in [-0.05, 0) is 24.6 Å². The first kappa shape index (κ1) is 9.73. The highest BCUT2D eigenvalue weighted by Crippen LogP contribution is 2.07. The molecule has 78 valence electrons. The Hall–Kier alpha value is -1.81. The van der Waals surface area contributed by atoms with Crippen molar-refractivity contribution in [2.75, 3.05) is 0 Å². The second kappa shape index (κ2) is 3.74. The molecule has 0 saturated carbocycles. The van der Waals surface area contributed by atoms with Gasteiger partial charge in [-0.3, -0.25) is 4.57 Å². The number of imidazole rings is 1. The lowest BCUT2D eigenvalue weighted by Gasteiger charge is -2.01. The van der Waals surface area contributed by atoms with E-state index >= 15 is 0 Å². The van der Waals surface area contributed by atoms with Gasteiger partial charge in [0.2, 0.25) is 0 Å². The van der Waals surface area contributed by atoms with Crippen LogP contribution in [0.2, 0.25) is 0 Å². The molecule has 0 aliphatic heterocycles. The van der Waals surface area contributed by atoms with E-state index in [2.05, 4.69) is 4.98 Å². The van der Waals surface area contributed by atoms with Crippen molar-refractivity contribution in [3.8, 4) is 5.69 Å². The maximum atomic E-state index is 11.5. The van der Waals surface area contributed by atoms with E-state index in [9.17, 15) is 4.79 Å². The van der Waals surface area contributed by atoms with Crippen LogP contribution >= 0.6 is 0 Å². The average Bonchev–Trinajstić information content (AvgIpc) is 2.58. The third-order valence-corrected chi connectivity index (χ3v) is 2.30. The van der Waals surface area contributed by atoms with Gasteiger partial charge in [-0.25, -0.2) is 4.79 Å². The Morgan fingerprint density at radius 2 is 2.00 bits per heavy atom. The van der Waals surface area contributed by atoms with Crippen molar-refractivity contribution in [3.63, 3.8) is 0 Å². The summed E-state index contributed by atoms with van der Waals surface area (Å²) in [4.78, 5) is 14.2. The van der Waals surface area contributed by atoms with Crippen molar-refractivity contribution in [1.82, 2.24) is 9.55 Å². The number of hydrogen-bond donors (Lipinski definition) is 2. The van der Waals surface area contributed by atoms with Crippen LogP contribution in [-0.4, -0.2) is 9.55 Å². The van der Waals surface area contributed by atoms with Crippen LogP contribution in [0.5, 0.6) is 0 Å². The Labute approximate surface area is 87.4 Å². The minimum absolute atomic E-state index is 0.118. The first-order valence-electron chi connectivity index (χ1n) is 4.78. The molecule has 1 aromatic heterocycles. The zero-order valence-corrected chi connectivity index (χ0v) is 8.53. The van der Waals surface area contributed by atoms with Crippen molar-refractivity contribution < 1.29 is 0 Å². The van der Waals surface area contributed by atoms with Crippen LogP contribution in [0.1, 0.15) is 11.3 Å². The molecule has 15 heavy (non-hydrogen) atoms. The van der Waals surface area contributed by atoms with Crippen LogP contribution in [0.3, 0.4) is 0 Å². The predicted octanol–water partition coefficient (Wildman–Crippen LogP) is 0.933. The zero-order valence-electron chi connectivity index (χ0n) is 8.53. The minimum Gasteiger partial charge on any atom is -0.326 e. The monoisotopic (exact) mass is 203 g/mol. The van der Waals surface area contributed by atoms with Gasteiger partial charge >= 0.3 is 5.69 Å². The highest BCUT2D eigenvalue weighted by atomic mass is 16.1. The molecule has 0 spiro atoms. The van der Waals surface area contributed by atoms with E-state index in [-0.39, 0.29) is 5.69 Å². The van der Waals surface area contributed by atoms with Crippen LogP contribution in [0.4, 0.5) is 0 Å². The maximum absolute atomic E-state index is 11.5. The van der Waals surface area contributed by atoms with E-state index in [1.807, 2.05) is 31.2 Å². The molecule has 0 bridgehead atoms. The van der Waals surface area contributed by atoms with Gasteiger partial charge in [-0.15, -0.1) is 0 Å². The first-order chi connectivity index (χ1) is 7.20. The Morgan fingerprint density at radius 1 is 1.33 bits per heavy atom. The third-order valence-electron chi connectivity index (χ3n) is 2.30. The number of aromatic amines is 1. The Morgan fingerprint density at radius 3 is 2.47 bits per heavy atom. The molecule has 4 nitrogen and oxygen atoms in total. The zero-order chi connectivity index (χ0) is 10.8. The summed E-state index contributed by atoms with van der Waals surface area (Å²) in [5, 5.41) is 0. The fourth-order valence-electron chi connectivity index (χ4n) is 1.50. The van der Waals surface area contributed by atoms with Crippen LogP contribution in [0, 0.1) is 6.92 Å². The molecule has 1 aromatic carbocycles. The summed E-state index contributed by atoms with van der Waals surface area (Å²) >= 11 is 0. The van der Waals surface area contributed by atoms with Gasteiger partial charge in [0.15, 0.2) is 0 Å². The fourth-order valence-corrected chi connectivity index (χ4v) is 1.50. The molecule has 0 amide bonds. The predicted molar refractivity (Wildman–Crippen MR) is 59.0 cm³/mol. The lowest BCUT2D eigenvalue weighted by atomic mass is 10.2. The highest BCUT2D eigenvalue weighted by molar-refractivity contribution is 5.34. The topological polar surface area (TPSA) is 63.8 Å². The molecule has 0 fully saturated rings. The van der Waals surface area contributed by atoms with Crippen molar-refractivity contribution in [3.05, 3.63) is 52.2 Å². The van der Waals surface area contributed by atoms with E-state index in [0.29, 0.717) is 6.54 Å². The quantitative estimate of drug-likeness (QED) is 0.762. The summed E-state index contributed by atoms with van der Waals surface area (Å²) in [7, 11) is 0. The summed E-state index contributed by atoms with van der Waals surface area (Å²) in [5.74, 6) is 0. The number of aryl methyl sites for hydroxylation is 1. The number of nitrogens with one attached hydrogen (secondary N) is 1. The molecule has 0 aliphatic rings. The molecule has 4 heteroatoms. The van der Waals surface area contributed by atoms with E-state index < -0.39 is 0 Å². The summed E-state index contributed by atoms with van der Waals surface area (Å²) in [6.07, 6.45) is 1.78. The summed E-state index contributed by atoms with van der Waals surface area (Å²) in [6, 6.07) is 7.61. The number of rotatable bonds is 2. The second-order valence-electron chi connectivity index (χ2n) is 3.48. The highest BCUT2D eigenvalue weighted by Gasteiger charge is 2.01. The molecular formula is C11H13N3O. The maximum Gasteiger partial charge on any atom is 0.330 e. The van der Waals surface area contributed by atoms with E-state index in [0.717, 1.165) is 16.9 Å². The Balaban J connectivity index is 2.45. The lowest BCUT2D eigenvalue weighted by molar-refractivity contribution is 0.980. The van der Waals surface area contributed by atoms with Gasteiger partial charge in [0.05, 0.1) is 5.69 Å². The number of benzene rings is 1. The van der Waals surface area contributed by atoms with Crippen LogP contribution < -0.4 is 11.4 Å². The van der Waals surface area contributed by atoms with Gasteiger partial charge in [0.25, 0.3) is 0 Å². The van der Waals surface area contributed by atoms with Crippen molar-refractivity contribution in [1.29, 1.82) is 0 Å². The average molecular weight is 203 g/mol. The van der Waals surface area contributed by atoms with Gasteiger partial charge < -0.3 is 10.7 Å². The summed E-state index contributed by atoms with van der Waals surface area (Å²) in [6.45, 7) is 2.37. The number of aromatic nitrogens is 2. The molecule has 0 unspecified atom stereocenters. The minimum atomic E-state index is -0.118. The lowest BCUT2D eigenvalue weighted by Crippen LogP contribution is -2.14. The van der Waals surface area contributed by atoms with Crippen molar-refractivity contribution in [2.45, 2.75) is 13.5 Å². The van der Waals surface area contributed by atoms with Gasteiger partial charge in [0, 0.05) is 18.4 Å². The molecule has 2 rings (SSSR count). The molecule has 0 atom stereocenters. The SMILES string of the molecule is Cc1cn(-c2ccc(CN)cc2)c(=O)[nH]1. The number of H-pyrrole nitrogens is 1. The van der Waals surface area contributed by atoms with Crippen LogP contribution in [-0.2, 0) is 6.54 Å². The molecule has 0 aliphatic carbocycles. The fraction of sp³-hybridized carbons (Fsp3) is 0.182. The molecule has 2 aromatic rings. The molecule has 0 radical (unpaired) electrons. The van der Waals surface area contributed by atoms with E-state index in [4.69, 9.17) is 5.73 Å². The van der Waals surface area contributed by atoms with E-state index in [1.165, 1.54) is 0 Å². The van der Waals surface area contributed by atoms with Crippen LogP contribution in [0.15, 0.2) is 35.3 Å². The number of nitrogens with two attached hydrogens (primary N) is 1. The normalized spacial score (nSPS) is 10.5. The van der Waals surface area contributed by atoms with Gasteiger partial charge in [0.1, 0.15) is 0 Å². The first-order valence-corrected chi connectivity index (χ1v) is 4.78. The van der Waals surface area contributed by atoms with Crippen LogP contribution in [0.25, 0.3) is 5.69 Å². The molecule has 0 saturated heterocycles. The van der Waals surface area contributed by atoms with Gasteiger partial charge in [-0.1, -0.05) is 12.1 Å². The standard InChI is InChI=1S/C11H13N3O/c1-8-7-14(11(15)13-8)10-4-2-9(6-12)3-5-10/h2-5,7H,6,12H2,1H3,(H,13,15). The van der Waals surface area contributed by atoms with Crippen molar-refractivity contribution >= 4 is 0 Å². The molecular weight excluding hydrogens is 190 g/mol. The van der Waals surface area contributed by atoms with Crippen molar-refractivity contribution in [2.24, 2.45) is 5.73 Å². The third kappa shape index (κ3) is 1.85. The number of hydrogen-bond acceptors (Lipinski definition) is 2.